The molecule has 98 valence electrons. The highest BCUT2D eigenvalue weighted by Gasteiger charge is 2.16. The molecule has 1 N–H and O–H groups in total. The Labute approximate surface area is 126 Å². The number of para-hydroxylation sites is 1. The van der Waals surface area contributed by atoms with Crippen molar-refractivity contribution in [2.75, 3.05) is 11.9 Å². The lowest BCUT2D eigenvalue weighted by molar-refractivity contribution is 0.803. The first-order valence-electron chi connectivity index (χ1n) is 6.55. The molecule has 1 aliphatic heterocycles. The molecule has 0 fully saturated rings. The molecule has 3 rings (SSSR count). The predicted octanol–water partition coefficient (Wildman–Crippen LogP) is 4.97. The first kappa shape index (κ1) is 13.1. The number of benzene rings is 2. The third-order valence-electron chi connectivity index (χ3n) is 3.39. The normalized spacial score (nSPS) is 18.3. The molecule has 0 bridgehead atoms. The van der Waals surface area contributed by atoms with Crippen LogP contribution in [0, 0.1) is 0 Å². The molecular formula is C16H16BrNS. The van der Waals surface area contributed by atoms with Crippen molar-refractivity contribution >= 4 is 33.4 Å². The zero-order chi connectivity index (χ0) is 13.1. The van der Waals surface area contributed by atoms with Crippen LogP contribution in [0.5, 0.6) is 0 Å². The minimum atomic E-state index is 0.633. The van der Waals surface area contributed by atoms with E-state index in [-0.39, 0.29) is 0 Å². The van der Waals surface area contributed by atoms with Gasteiger partial charge in [0, 0.05) is 26.9 Å². The van der Waals surface area contributed by atoms with Crippen molar-refractivity contribution in [1.29, 1.82) is 0 Å². The van der Waals surface area contributed by atoms with Gasteiger partial charge in [0.2, 0.25) is 0 Å². The maximum absolute atomic E-state index is 3.58. The highest BCUT2D eigenvalue weighted by molar-refractivity contribution is 9.10. The predicted molar refractivity (Wildman–Crippen MR) is 87.0 cm³/mol. The molecule has 0 spiro atoms. The number of hydrogen-bond acceptors (Lipinski definition) is 2. The maximum atomic E-state index is 3.58. The van der Waals surface area contributed by atoms with E-state index in [9.17, 15) is 0 Å². The molecule has 1 aliphatic rings. The van der Waals surface area contributed by atoms with Gasteiger partial charge in [0.05, 0.1) is 0 Å². The highest BCUT2D eigenvalue weighted by Crippen LogP contribution is 2.31. The number of nitrogens with one attached hydrogen (secondary N) is 1. The second-order valence-electron chi connectivity index (χ2n) is 4.77. The Morgan fingerprint density at radius 2 is 1.84 bits per heavy atom. The maximum Gasteiger partial charge on any atom is 0.0373 e. The molecule has 1 nitrogen and oxygen atoms in total. The fourth-order valence-corrected chi connectivity index (χ4v) is 3.70. The van der Waals surface area contributed by atoms with Gasteiger partial charge in [-0.25, -0.2) is 0 Å². The van der Waals surface area contributed by atoms with Gasteiger partial charge in [-0.2, -0.15) is 0 Å². The molecule has 0 saturated carbocycles. The largest absolute Gasteiger partial charge is 0.384 e. The van der Waals surface area contributed by atoms with Gasteiger partial charge in [0.1, 0.15) is 0 Å². The summed E-state index contributed by atoms with van der Waals surface area (Å²) in [4.78, 5) is 1.35. The number of rotatable bonds is 2. The molecule has 0 amide bonds. The van der Waals surface area contributed by atoms with E-state index < -0.39 is 0 Å². The smallest absolute Gasteiger partial charge is 0.0373 e. The highest BCUT2D eigenvalue weighted by atomic mass is 79.9. The van der Waals surface area contributed by atoms with Crippen LogP contribution >= 0.6 is 27.7 Å². The minimum Gasteiger partial charge on any atom is -0.384 e. The van der Waals surface area contributed by atoms with Gasteiger partial charge in [0.25, 0.3) is 0 Å². The summed E-state index contributed by atoms with van der Waals surface area (Å²) in [7, 11) is 0. The van der Waals surface area contributed by atoms with Gasteiger partial charge in [-0.3, -0.25) is 0 Å². The van der Waals surface area contributed by atoms with Crippen molar-refractivity contribution in [3.63, 3.8) is 0 Å². The van der Waals surface area contributed by atoms with Crippen molar-refractivity contribution in [1.82, 2.24) is 0 Å². The monoisotopic (exact) mass is 333 g/mol. The van der Waals surface area contributed by atoms with Gasteiger partial charge in [-0.05, 0) is 48.7 Å². The fourth-order valence-electron chi connectivity index (χ4n) is 2.36. The van der Waals surface area contributed by atoms with Crippen molar-refractivity contribution in [2.24, 2.45) is 0 Å². The van der Waals surface area contributed by atoms with E-state index in [0.29, 0.717) is 5.25 Å². The molecule has 2 aromatic carbocycles. The number of hydrogen-bond donors (Lipinski definition) is 1. The summed E-state index contributed by atoms with van der Waals surface area (Å²) in [5.74, 6) is 0. The van der Waals surface area contributed by atoms with Gasteiger partial charge in [0.15, 0.2) is 0 Å². The van der Waals surface area contributed by atoms with Crippen LogP contribution in [0.15, 0.2) is 57.9 Å². The molecule has 1 heterocycles. The van der Waals surface area contributed by atoms with E-state index in [1.54, 1.807) is 0 Å². The molecule has 2 aromatic rings. The Bertz CT molecular complexity index is 526. The van der Waals surface area contributed by atoms with Crippen LogP contribution in [0.3, 0.4) is 0 Å². The number of anilines is 1. The zero-order valence-corrected chi connectivity index (χ0v) is 13.0. The molecule has 1 atom stereocenters. The minimum absolute atomic E-state index is 0.633. The lowest BCUT2D eigenvalue weighted by Crippen LogP contribution is -2.14. The first-order chi connectivity index (χ1) is 9.31. The zero-order valence-electron chi connectivity index (χ0n) is 10.6. The van der Waals surface area contributed by atoms with E-state index in [1.165, 1.54) is 22.6 Å². The number of aryl methyl sites for hydroxylation is 1. The van der Waals surface area contributed by atoms with Crippen LogP contribution in [0.1, 0.15) is 12.0 Å². The molecule has 0 aliphatic carbocycles. The molecule has 0 aromatic heterocycles. The topological polar surface area (TPSA) is 12.0 Å². The molecular weight excluding hydrogens is 318 g/mol. The number of halogens is 1. The Kier molecular flexibility index (Phi) is 4.14. The van der Waals surface area contributed by atoms with E-state index in [4.69, 9.17) is 0 Å². The van der Waals surface area contributed by atoms with E-state index in [2.05, 4.69) is 69.8 Å². The Morgan fingerprint density at radius 3 is 2.68 bits per heavy atom. The van der Waals surface area contributed by atoms with Crippen molar-refractivity contribution in [3.05, 3.63) is 58.6 Å². The Morgan fingerprint density at radius 1 is 1.05 bits per heavy atom. The second-order valence-corrected chi connectivity index (χ2v) is 7.06. The first-order valence-corrected chi connectivity index (χ1v) is 8.22. The molecule has 19 heavy (non-hydrogen) atoms. The van der Waals surface area contributed by atoms with Crippen LogP contribution < -0.4 is 5.32 Å². The third kappa shape index (κ3) is 3.34. The van der Waals surface area contributed by atoms with Crippen molar-refractivity contribution in [3.8, 4) is 0 Å². The van der Waals surface area contributed by atoms with E-state index in [0.717, 1.165) is 17.4 Å². The Balaban J connectivity index is 1.67. The van der Waals surface area contributed by atoms with Gasteiger partial charge >= 0.3 is 0 Å². The van der Waals surface area contributed by atoms with Gasteiger partial charge in [-0.1, -0.05) is 34.1 Å². The fraction of sp³-hybridized carbons (Fsp3) is 0.250. The van der Waals surface area contributed by atoms with Gasteiger partial charge < -0.3 is 5.32 Å². The average molecular weight is 334 g/mol. The van der Waals surface area contributed by atoms with E-state index in [1.807, 2.05) is 11.8 Å². The average Bonchev–Trinajstić information content (AvgIpc) is 2.64. The molecule has 3 heteroatoms. The van der Waals surface area contributed by atoms with Crippen LogP contribution in [0.25, 0.3) is 0 Å². The third-order valence-corrected chi connectivity index (χ3v) is 5.20. The van der Waals surface area contributed by atoms with Crippen molar-refractivity contribution in [2.45, 2.75) is 23.0 Å². The van der Waals surface area contributed by atoms with Gasteiger partial charge in [-0.15, -0.1) is 11.8 Å². The number of thioether (sulfide) groups is 1. The van der Waals surface area contributed by atoms with Crippen LogP contribution in [0.4, 0.5) is 5.69 Å². The second kappa shape index (κ2) is 6.02. The van der Waals surface area contributed by atoms with Crippen molar-refractivity contribution < 1.29 is 0 Å². The number of fused-ring (bicyclic) bond motifs is 1. The summed E-state index contributed by atoms with van der Waals surface area (Å²) in [6, 6.07) is 17.2. The lowest BCUT2D eigenvalue weighted by atomic mass is 10.1. The quantitative estimate of drug-likeness (QED) is 0.832. The molecule has 0 saturated heterocycles. The van der Waals surface area contributed by atoms with Crippen LogP contribution in [-0.4, -0.2) is 11.8 Å². The summed E-state index contributed by atoms with van der Waals surface area (Å²) in [6.45, 7) is 1.04. The lowest BCUT2D eigenvalue weighted by Gasteiger charge is -2.14. The van der Waals surface area contributed by atoms with Crippen LogP contribution in [-0.2, 0) is 6.42 Å². The summed E-state index contributed by atoms with van der Waals surface area (Å²) in [5, 5.41) is 4.21. The molecule has 0 radical (unpaired) electrons. The Hall–Kier alpha value is -0.930. The van der Waals surface area contributed by atoms with E-state index >= 15 is 0 Å². The summed E-state index contributed by atoms with van der Waals surface area (Å²) in [6.07, 6.45) is 2.39. The van der Waals surface area contributed by atoms with Crippen LogP contribution in [0.2, 0.25) is 0 Å². The summed E-state index contributed by atoms with van der Waals surface area (Å²) in [5.41, 5.74) is 2.75. The SMILES string of the molecule is Brc1ccc(SC2CCc3ccccc3NC2)cc1. The summed E-state index contributed by atoms with van der Waals surface area (Å²) < 4.78 is 1.14. The standard InChI is InChI=1S/C16H16BrNS/c17-13-6-9-14(10-7-13)19-15-8-5-12-3-1-2-4-16(12)18-11-15/h1-4,6-7,9-10,15,18H,5,8,11H2. The summed E-state index contributed by atoms with van der Waals surface area (Å²) >= 11 is 5.45. The molecule has 1 unspecified atom stereocenters.